The molecule has 4 N–H and O–H groups in total. The monoisotopic (exact) mass is 1060 g/mol. The van der Waals surface area contributed by atoms with Crippen molar-refractivity contribution in [2.24, 2.45) is 41.2 Å². The number of fused-ring (bicyclic) bond motifs is 2. The van der Waals surface area contributed by atoms with Crippen LogP contribution in [0.2, 0.25) is 0 Å². The Morgan fingerprint density at radius 2 is 1.64 bits per heavy atom. The highest BCUT2D eigenvalue weighted by atomic mass is 17.3. The molecule has 2 amide bonds. The van der Waals surface area contributed by atoms with E-state index in [1.807, 2.05) is 65.0 Å². The first-order valence-electron chi connectivity index (χ1n) is 27.9. The second-order valence-electron chi connectivity index (χ2n) is 22.6. The summed E-state index contributed by atoms with van der Waals surface area (Å²) >= 11 is 0. The molecule has 4 heterocycles. The zero-order valence-electron chi connectivity index (χ0n) is 46.7. The summed E-state index contributed by atoms with van der Waals surface area (Å²) in [6.07, 6.45) is 15.1. The third-order valence-corrected chi connectivity index (χ3v) is 16.6. The van der Waals surface area contributed by atoms with Gasteiger partial charge in [0.25, 0.3) is 5.91 Å². The number of hydrogen-bond acceptors (Lipinski definition) is 15. The predicted molar refractivity (Wildman–Crippen MR) is 281 cm³/mol. The first-order chi connectivity index (χ1) is 35.7. The molecule has 1 aliphatic carbocycles. The Labute approximate surface area is 446 Å². The summed E-state index contributed by atoms with van der Waals surface area (Å²) < 4.78 is 37.3. The van der Waals surface area contributed by atoms with Crippen LogP contribution in [0.3, 0.4) is 0 Å². The van der Waals surface area contributed by atoms with Crippen molar-refractivity contribution in [2.75, 3.05) is 40.6 Å². The molecule has 0 aromatic rings. The van der Waals surface area contributed by atoms with E-state index in [1.165, 1.54) is 7.11 Å². The number of amides is 2. The highest BCUT2D eigenvalue weighted by Crippen LogP contribution is 2.53. The molecular weight excluding hydrogens is 965 g/mol. The number of rotatable bonds is 14. The molecular formula is C58H92N2O15. The van der Waals surface area contributed by atoms with Crippen molar-refractivity contribution in [3.8, 4) is 0 Å². The largest absolute Gasteiger partial charge is 0.460 e. The lowest BCUT2D eigenvalue weighted by Gasteiger charge is -2.59. The molecule has 2 unspecified atom stereocenters. The van der Waals surface area contributed by atoms with E-state index in [4.69, 9.17) is 43.9 Å². The van der Waals surface area contributed by atoms with Crippen molar-refractivity contribution in [2.45, 2.75) is 212 Å². The minimum Gasteiger partial charge on any atom is -0.460 e. The quantitative estimate of drug-likeness (QED) is 0.0667. The van der Waals surface area contributed by atoms with Crippen molar-refractivity contribution in [3.05, 3.63) is 47.6 Å². The lowest BCUT2D eigenvalue weighted by atomic mass is 9.76. The van der Waals surface area contributed by atoms with Crippen molar-refractivity contribution in [1.82, 2.24) is 4.90 Å². The van der Waals surface area contributed by atoms with E-state index in [-0.39, 0.29) is 92.1 Å². The number of piperidine rings is 1. The van der Waals surface area contributed by atoms with Crippen molar-refractivity contribution in [1.29, 1.82) is 0 Å². The Morgan fingerprint density at radius 1 is 0.880 bits per heavy atom. The van der Waals surface area contributed by atoms with Crippen LogP contribution in [0.25, 0.3) is 0 Å². The normalized spacial score (nSPS) is 39.1. The van der Waals surface area contributed by atoms with E-state index < -0.39 is 65.6 Å². The van der Waals surface area contributed by atoms with Crippen LogP contribution >= 0.6 is 0 Å². The van der Waals surface area contributed by atoms with Gasteiger partial charge in [0.2, 0.25) is 17.3 Å². The van der Waals surface area contributed by atoms with Crippen LogP contribution in [-0.4, -0.2) is 145 Å². The van der Waals surface area contributed by atoms with Crippen LogP contribution in [0, 0.1) is 35.5 Å². The summed E-state index contributed by atoms with van der Waals surface area (Å²) in [5, 5.41) is 21.0. The summed E-state index contributed by atoms with van der Waals surface area (Å²) in [5.41, 5.74) is 5.14. The summed E-state index contributed by atoms with van der Waals surface area (Å²) in [6, 6.07) is -0.969. The molecule has 0 radical (unpaired) electrons. The molecule has 424 valence electrons. The van der Waals surface area contributed by atoms with Gasteiger partial charge in [-0.2, -0.15) is 4.89 Å². The molecule has 1 saturated carbocycles. The number of nitrogens with two attached hydrogens (primary N) is 1. The van der Waals surface area contributed by atoms with Crippen LogP contribution < -0.4 is 5.73 Å². The molecule has 75 heavy (non-hydrogen) atoms. The van der Waals surface area contributed by atoms with Gasteiger partial charge in [0.1, 0.15) is 30.1 Å². The van der Waals surface area contributed by atoms with Crippen molar-refractivity contribution >= 4 is 29.4 Å². The number of unbranched alkanes of at least 4 members (excludes halogenated alkanes) is 1. The van der Waals surface area contributed by atoms with Crippen LogP contribution in [0.4, 0.5) is 0 Å². The maximum absolute atomic E-state index is 15.1. The van der Waals surface area contributed by atoms with Crippen molar-refractivity contribution in [3.63, 3.8) is 0 Å². The predicted octanol–water partition coefficient (Wildman–Crippen LogP) is 7.38. The Bertz CT molecular complexity index is 2020. The average molecular weight is 1060 g/mol. The van der Waals surface area contributed by atoms with E-state index >= 15 is 4.79 Å². The number of allylic oxidation sites excluding steroid dienone is 6. The lowest BCUT2D eigenvalue weighted by Crippen LogP contribution is -2.78. The highest BCUT2D eigenvalue weighted by Gasteiger charge is 2.72. The maximum Gasteiger partial charge on any atom is 0.329 e. The fourth-order valence-corrected chi connectivity index (χ4v) is 11.9. The number of ether oxygens (including phenoxy) is 6. The molecule has 4 aliphatic heterocycles. The molecule has 5 rings (SSSR count). The Morgan fingerprint density at radius 3 is 2.32 bits per heavy atom. The van der Waals surface area contributed by atoms with Gasteiger partial charge < -0.3 is 49.3 Å². The number of nitrogens with zero attached hydrogens (tertiary/aromatic N) is 1. The van der Waals surface area contributed by atoms with Crippen LogP contribution in [0.1, 0.15) is 152 Å². The SMILES string of the molecule is CO[C@@H]1C[C@H](C[C@@H](C)[C@@H]2CC(=O)[C@H](C)/C=C(\C)[C@@H](O)[C@@H](OC)C(=O)[C@H](C)C[C@H](C)/C=C/C=C/C=C(\C)C(OCCCCC(N)=O)C[C@@H]3CC[C@@H](C)[C@@]4(OOC4(C)C(=O)N4CCCC[C@H]4C(=O)O2)O3)CC[C@H]1OCCO. The Hall–Kier alpha value is -3.65. The number of methoxy groups -OCH3 is 2. The minimum atomic E-state index is -1.61. The molecule has 0 aromatic carbocycles. The summed E-state index contributed by atoms with van der Waals surface area (Å²) in [7, 11) is 3.04. The van der Waals surface area contributed by atoms with E-state index in [9.17, 15) is 29.4 Å². The van der Waals surface area contributed by atoms with Gasteiger partial charge in [-0.15, -0.1) is 0 Å². The Kier molecular flexibility index (Phi) is 24.3. The van der Waals surface area contributed by atoms with Crippen LogP contribution in [0.5, 0.6) is 0 Å². The van der Waals surface area contributed by atoms with Gasteiger partial charge in [-0.1, -0.05) is 71.1 Å². The fraction of sp³-hybridized carbons (Fsp3) is 0.776. The van der Waals surface area contributed by atoms with E-state index in [0.717, 1.165) is 18.4 Å². The van der Waals surface area contributed by atoms with Gasteiger partial charge in [0, 0.05) is 64.4 Å². The molecule has 2 bridgehead atoms. The van der Waals surface area contributed by atoms with E-state index in [1.54, 1.807) is 38.9 Å². The highest BCUT2D eigenvalue weighted by molar-refractivity contribution is 5.91. The first kappa shape index (κ1) is 62.2. The van der Waals surface area contributed by atoms with Crippen LogP contribution in [-0.2, 0) is 62.2 Å². The minimum absolute atomic E-state index is 0.0103. The molecule has 4 fully saturated rings. The molecule has 17 nitrogen and oxygen atoms in total. The number of esters is 1. The van der Waals surface area contributed by atoms with Gasteiger partial charge in [-0.25, -0.2) is 9.68 Å². The standard InChI is InChI=1S/C58H92N2O15/c1-36-18-12-11-13-19-37(2)48(70-28-17-15-21-51(59)63)34-44-24-22-42(7)58(73-44)57(8,74-75-58)56(67)60-26-16-14-20-45(60)55(66)72-49(39(4)32-43-23-25-47(71-29-27-61)50(33-43)68-9)35-46(62)38(3)31-41(6)53(65)54(69-10)52(64)40(5)30-36/h11-13,18-19,31,36,38-40,42-45,47-50,53-54,61,65H,14-17,20-30,32-35H2,1-10H3,(H2,59,63)/b13-11+,18-12+,37-19+,41-31+/t36-,38-,39-,40-,42-,43+,44+,45+,47-,48?,49+,50-,53-,54+,57?,58+/m1/s1. The Balaban J connectivity index is 1.48. The smallest absolute Gasteiger partial charge is 0.329 e. The van der Waals surface area contributed by atoms with Gasteiger partial charge in [0.05, 0.1) is 37.6 Å². The van der Waals surface area contributed by atoms with Gasteiger partial charge >= 0.3 is 5.97 Å². The number of Topliss-reactive ketones (excluding diaryl/α,β-unsaturated/α-hetero) is 2. The van der Waals surface area contributed by atoms with Crippen molar-refractivity contribution < 1.29 is 72.4 Å². The number of cyclic esters (lactones) is 1. The second-order valence-corrected chi connectivity index (χ2v) is 22.6. The third kappa shape index (κ3) is 16.2. The zero-order chi connectivity index (χ0) is 55.0. The number of aliphatic hydroxyl groups excluding tert-OH is 2. The van der Waals surface area contributed by atoms with Gasteiger partial charge in [0.15, 0.2) is 5.78 Å². The molecule has 1 spiro atoms. The number of carbonyl (C=O) groups excluding carboxylic acids is 5. The molecule has 16 atom stereocenters. The molecule has 17 heteroatoms. The summed E-state index contributed by atoms with van der Waals surface area (Å²) in [6.45, 7) is 15.7. The lowest BCUT2D eigenvalue weighted by molar-refractivity contribution is -0.614. The van der Waals surface area contributed by atoms with Crippen LogP contribution in [0.15, 0.2) is 47.6 Å². The second kappa shape index (κ2) is 29.4. The number of primary amides is 1. The fourth-order valence-electron chi connectivity index (χ4n) is 11.9. The number of aliphatic hydroxyl groups is 2. The number of ketones is 2. The van der Waals surface area contributed by atoms with E-state index in [2.05, 4.69) is 0 Å². The molecule has 0 aromatic heterocycles. The molecule has 3 saturated heterocycles. The summed E-state index contributed by atoms with van der Waals surface area (Å²) in [5.74, 6) is -4.90. The number of carbonyl (C=O) groups is 5. The maximum atomic E-state index is 15.1. The first-order valence-corrected chi connectivity index (χ1v) is 27.9. The summed E-state index contributed by atoms with van der Waals surface area (Å²) in [4.78, 5) is 83.0. The molecule has 5 aliphatic rings. The van der Waals surface area contributed by atoms with E-state index in [0.29, 0.717) is 82.8 Å². The topological polar surface area (TPSA) is 229 Å². The van der Waals surface area contributed by atoms with Gasteiger partial charge in [-0.05, 0) is 127 Å². The average Bonchev–Trinajstić information content (AvgIpc) is 3.39. The third-order valence-electron chi connectivity index (χ3n) is 16.6. The zero-order valence-corrected chi connectivity index (χ0v) is 46.7. The number of hydrogen-bond donors (Lipinski definition) is 3. The van der Waals surface area contributed by atoms with Gasteiger partial charge in [-0.3, -0.25) is 19.2 Å².